The second kappa shape index (κ2) is 7.39. The van der Waals surface area contributed by atoms with Gasteiger partial charge in [0.1, 0.15) is 0 Å². The van der Waals surface area contributed by atoms with Crippen molar-refractivity contribution >= 4 is 23.6 Å². The zero-order valence-corrected chi connectivity index (χ0v) is 16.4. The van der Waals surface area contributed by atoms with E-state index in [9.17, 15) is 9.59 Å². The summed E-state index contributed by atoms with van der Waals surface area (Å²) in [5.74, 6) is 0.842. The summed E-state index contributed by atoms with van der Waals surface area (Å²) in [6, 6.07) is 17.9. The van der Waals surface area contributed by atoms with E-state index in [4.69, 9.17) is 0 Å². The van der Waals surface area contributed by atoms with Crippen molar-refractivity contribution in [3.05, 3.63) is 71.3 Å². The summed E-state index contributed by atoms with van der Waals surface area (Å²) in [6.45, 7) is 4.06. The molecule has 0 unspecified atom stereocenters. The number of carbonyl (C=O) groups excluding carboxylic acids is 2. The first-order valence-electron chi connectivity index (χ1n) is 9.42. The Balaban J connectivity index is 1.45. The molecule has 4 nitrogen and oxygen atoms in total. The molecule has 0 N–H and O–H groups in total. The molecular formula is C22H24N2O2S. The molecule has 2 aliphatic rings. The van der Waals surface area contributed by atoms with Crippen molar-refractivity contribution in [2.75, 3.05) is 18.8 Å². The van der Waals surface area contributed by atoms with Gasteiger partial charge in [0.25, 0.3) is 5.91 Å². The van der Waals surface area contributed by atoms with Crippen LogP contribution in [0.15, 0.2) is 54.6 Å². The fraction of sp³-hybridized carbons (Fsp3) is 0.364. The van der Waals surface area contributed by atoms with Gasteiger partial charge in [-0.15, -0.1) is 11.8 Å². The van der Waals surface area contributed by atoms with Crippen LogP contribution in [0.25, 0.3) is 0 Å². The molecule has 140 valence electrons. The molecule has 2 saturated heterocycles. The Kier molecular flexibility index (Phi) is 4.96. The molecule has 0 radical (unpaired) electrons. The molecule has 1 spiro atoms. The van der Waals surface area contributed by atoms with Crippen molar-refractivity contribution in [2.45, 2.75) is 31.2 Å². The number of rotatable bonds is 3. The van der Waals surface area contributed by atoms with Gasteiger partial charge in [-0.25, -0.2) is 0 Å². The van der Waals surface area contributed by atoms with Crippen LogP contribution in [0.3, 0.4) is 0 Å². The molecule has 2 aliphatic heterocycles. The Morgan fingerprint density at radius 3 is 2.37 bits per heavy atom. The van der Waals surface area contributed by atoms with Crippen LogP contribution in [0.5, 0.6) is 0 Å². The maximum Gasteiger partial charge on any atom is 0.253 e. The molecule has 2 heterocycles. The van der Waals surface area contributed by atoms with Crippen molar-refractivity contribution in [2.24, 2.45) is 0 Å². The van der Waals surface area contributed by atoms with Gasteiger partial charge in [0.15, 0.2) is 0 Å². The molecule has 2 fully saturated rings. The van der Waals surface area contributed by atoms with Gasteiger partial charge in [0.05, 0.1) is 10.6 Å². The van der Waals surface area contributed by atoms with E-state index >= 15 is 0 Å². The van der Waals surface area contributed by atoms with E-state index in [0.29, 0.717) is 25.4 Å². The van der Waals surface area contributed by atoms with E-state index in [1.165, 1.54) is 0 Å². The number of hydrogen-bond donors (Lipinski definition) is 0. The summed E-state index contributed by atoms with van der Waals surface area (Å²) in [5.41, 5.74) is 3.06. The molecular weight excluding hydrogens is 356 g/mol. The summed E-state index contributed by atoms with van der Waals surface area (Å²) in [6.07, 6.45) is 1.65. The third-order valence-corrected chi connectivity index (χ3v) is 7.13. The van der Waals surface area contributed by atoms with E-state index in [1.807, 2.05) is 59.2 Å². The number of aryl methyl sites for hydroxylation is 1. The number of hydrogen-bond acceptors (Lipinski definition) is 3. The molecule has 0 aliphatic carbocycles. The highest BCUT2D eigenvalue weighted by Gasteiger charge is 2.48. The van der Waals surface area contributed by atoms with Crippen LogP contribution >= 0.6 is 11.8 Å². The third-order valence-electron chi connectivity index (χ3n) is 5.57. The summed E-state index contributed by atoms with van der Waals surface area (Å²) in [4.78, 5) is 29.1. The molecule has 0 aromatic heterocycles. The first kappa shape index (κ1) is 18.1. The number of carbonyl (C=O) groups is 2. The minimum atomic E-state index is -0.170. The molecule has 0 saturated carbocycles. The second-order valence-electron chi connectivity index (χ2n) is 7.36. The molecule has 2 aromatic carbocycles. The van der Waals surface area contributed by atoms with Gasteiger partial charge in [0, 0.05) is 25.2 Å². The van der Waals surface area contributed by atoms with Crippen LogP contribution in [-0.2, 0) is 11.3 Å². The highest BCUT2D eigenvalue weighted by molar-refractivity contribution is 8.01. The first-order chi connectivity index (χ1) is 13.1. The zero-order valence-electron chi connectivity index (χ0n) is 15.6. The van der Waals surface area contributed by atoms with Crippen molar-refractivity contribution in [1.29, 1.82) is 0 Å². The van der Waals surface area contributed by atoms with E-state index < -0.39 is 0 Å². The number of thioether (sulfide) groups is 1. The van der Waals surface area contributed by atoms with Crippen LogP contribution in [0.1, 0.15) is 34.3 Å². The van der Waals surface area contributed by atoms with Crippen molar-refractivity contribution in [3.63, 3.8) is 0 Å². The summed E-state index contributed by atoms with van der Waals surface area (Å²) in [7, 11) is 0. The van der Waals surface area contributed by atoms with Gasteiger partial charge < -0.3 is 9.80 Å². The lowest BCUT2D eigenvalue weighted by Crippen LogP contribution is -2.52. The molecule has 27 heavy (non-hydrogen) atoms. The van der Waals surface area contributed by atoms with Gasteiger partial charge in [-0.1, -0.05) is 48.0 Å². The van der Waals surface area contributed by atoms with Crippen LogP contribution in [0, 0.1) is 6.92 Å². The number of amides is 2. The second-order valence-corrected chi connectivity index (χ2v) is 8.70. The van der Waals surface area contributed by atoms with E-state index in [0.717, 1.165) is 29.5 Å². The summed E-state index contributed by atoms with van der Waals surface area (Å²) < 4.78 is 0. The summed E-state index contributed by atoms with van der Waals surface area (Å²) >= 11 is 1.75. The predicted molar refractivity (Wildman–Crippen MR) is 108 cm³/mol. The van der Waals surface area contributed by atoms with E-state index in [2.05, 4.69) is 12.1 Å². The SMILES string of the molecule is Cc1ccc(C(=O)N2CCC3(CC2)SCC(=O)N3Cc2ccccc2)cc1. The minimum Gasteiger partial charge on any atom is -0.338 e. The largest absolute Gasteiger partial charge is 0.338 e. The van der Waals surface area contributed by atoms with Crippen molar-refractivity contribution < 1.29 is 9.59 Å². The van der Waals surface area contributed by atoms with Gasteiger partial charge in [-0.05, 0) is 37.5 Å². The Morgan fingerprint density at radius 1 is 1.04 bits per heavy atom. The van der Waals surface area contributed by atoms with E-state index in [1.54, 1.807) is 11.8 Å². The van der Waals surface area contributed by atoms with Crippen molar-refractivity contribution in [1.82, 2.24) is 9.80 Å². The van der Waals surface area contributed by atoms with Crippen LogP contribution in [0.2, 0.25) is 0 Å². The van der Waals surface area contributed by atoms with Gasteiger partial charge in [-0.3, -0.25) is 9.59 Å². The maximum absolute atomic E-state index is 12.8. The molecule has 5 heteroatoms. The fourth-order valence-electron chi connectivity index (χ4n) is 3.93. The smallest absolute Gasteiger partial charge is 0.253 e. The Hall–Kier alpha value is -2.27. The average molecular weight is 381 g/mol. The Bertz CT molecular complexity index is 827. The number of likely N-dealkylation sites (tertiary alicyclic amines) is 1. The van der Waals surface area contributed by atoms with Gasteiger partial charge in [0.2, 0.25) is 5.91 Å². The lowest BCUT2D eigenvalue weighted by atomic mass is 10.00. The lowest BCUT2D eigenvalue weighted by Gasteiger charge is -2.44. The third kappa shape index (κ3) is 3.61. The Morgan fingerprint density at radius 2 is 1.70 bits per heavy atom. The predicted octanol–water partition coefficient (Wildman–Crippen LogP) is 3.70. The highest BCUT2D eigenvalue weighted by atomic mass is 32.2. The number of benzene rings is 2. The van der Waals surface area contributed by atoms with Crippen LogP contribution < -0.4 is 0 Å². The van der Waals surface area contributed by atoms with Crippen molar-refractivity contribution in [3.8, 4) is 0 Å². The van der Waals surface area contributed by atoms with E-state index in [-0.39, 0.29) is 16.7 Å². The lowest BCUT2D eigenvalue weighted by molar-refractivity contribution is -0.131. The highest BCUT2D eigenvalue weighted by Crippen LogP contribution is 2.45. The van der Waals surface area contributed by atoms with Crippen LogP contribution in [-0.4, -0.2) is 45.3 Å². The normalized spacial score (nSPS) is 18.9. The molecule has 4 rings (SSSR count). The molecule has 2 amide bonds. The van der Waals surface area contributed by atoms with Gasteiger partial charge in [-0.2, -0.15) is 0 Å². The quantitative estimate of drug-likeness (QED) is 0.815. The first-order valence-corrected chi connectivity index (χ1v) is 10.4. The standard InChI is InChI=1S/C22H24N2O2S/c1-17-7-9-19(10-8-17)21(26)23-13-11-22(12-14-23)24(20(25)16-27-22)15-18-5-3-2-4-6-18/h2-10H,11-16H2,1H3. The average Bonchev–Trinajstić information content (AvgIpc) is 2.99. The Labute approximate surface area is 164 Å². The van der Waals surface area contributed by atoms with Crippen LogP contribution in [0.4, 0.5) is 0 Å². The minimum absolute atomic E-state index is 0.0915. The maximum atomic E-state index is 12.8. The molecule has 0 bridgehead atoms. The molecule has 0 atom stereocenters. The summed E-state index contributed by atoms with van der Waals surface area (Å²) in [5, 5.41) is 0. The fourth-order valence-corrected chi connectivity index (χ4v) is 5.27. The number of nitrogens with zero attached hydrogens (tertiary/aromatic N) is 2. The number of piperidine rings is 1. The topological polar surface area (TPSA) is 40.6 Å². The zero-order chi connectivity index (χ0) is 18.9. The molecule has 2 aromatic rings. The monoisotopic (exact) mass is 380 g/mol. The van der Waals surface area contributed by atoms with Gasteiger partial charge >= 0.3 is 0 Å².